The normalized spacial score (nSPS) is 10.2. The van der Waals surface area contributed by atoms with E-state index in [1.807, 2.05) is 38.1 Å². The van der Waals surface area contributed by atoms with E-state index in [4.69, 9.17) is 16.0 Å². The fourth-order valence-electron chi connectivity index (χ4n) is 4.23. The molecule has 0 aromatic heterocycles. The number of carbonyl (C=O) groups excluding carboxylic acids is 2. The molecule has 0 aliphatic heterocycles. The predicted molar refractivity (Wildman–Crippen MR) is 145 cm³/mol. The molecule has 0 saturated carbocycles. The van der Waals surface area contributed by atoms with Crippen molar-refractivity contribution in [3.8, 4) is 28.7 Å². The van der Waals surface area contributed by atoms with E-state index in [2.05, 4.69) is 23.0 Å². The third-order valence-corrected chi connectivity index (χ3v) is 6.45. The molecule has 0 saturated heterocycles. The molecule has 0 amide bonds. The van der Waals surface area contributed by atoms with E-state index in [0.29, 0.717) is 46.4 Å². The number of nitriles is 1. The van der Waals surface area contributed by atoms with Gasteiger partial charge in [-0.05, 0) is 77.6 Å². The lowest BCUT2D eigenvalue weighted by molar-refractivity contribution is 0.111. The lowest BCUT2D eigenvalue weighted by Gasteiger charge is -2.17. The van der Waals surface area contributed by atoms with Crippen LogP contribution < -0.4 is 9.47 Å². The van der Waals surface area contributed by atoms with Gasteiger partial charge < -0.3 is 9.47 Å². The van der Waals surface area contributed by atoms with Crippen molar-refractivity contribution in [2.24, 2.45) is 0 Å². The number of hydrogen-bond donors (Lipinski definition) is 0. The summed E-state index contributed by atoms with van der Waals surface area (Å²) < 4.78 is 11.9. The van der Waals surface area contributed by atoms with Crippen molar-refractivity contribution < 1.29 is 19.1 Å². The summed E-state index contributed by atoms with van der Waals surface area (Å²) in [5.41, 5.74) is 7.64. The van der Waals surface area contributed by atoms with E-state index in [0.717, 1.165) is 33.4 Å². The maximum atomic E-state index is 11.0. The van der Waals surface area contributed by atoms with Gasteiger partial charge in [-0.2, -0.15) is 5.26 Å². The topological polar surface area (TPSA) is 80.8 Å². The number of carbonyl (C=O) groups is 2. The van der Waals surface area contributed by atoms with Gasteiger partial charge in [0.2, 0.25) is 5.69 Å². The van der Waals surface area contributed by atoms with Gasteiger partial charge in [-0.25, -0.2) is 4.85 Å². The van der Waals surface area contributed by atoms with Crippen LogP contribution >= 0.6 is 0 Å². The average Bonchev–Trinajstić information content (AvgIpc) is 2.96. The predicted octanol–water partition coefficient (Wildman–Crippen LogP) is 7.18. The molecule has 0 atom stereocenters. The molecule has 0 radical (unpaired) electrons. The maximum Gasteiger partial charge on any atom is 0.228 e. The quantitative estimate of drug-likeness (QED) is 0.180. The van der Waals surface area contributed by atoms with Crippen LogP contribution in [-0.2, 0) is 13.2 Å². The van der Waals surface area contributed by atoms with Gasteiger partial charge in [0.05, 0.1) is 12.1 Å². The van der Waals surface area contributed by atoms with Crippen molar-refractivity contribution >= 4 is 18.3 Å². The number of hydrogen-bond acceptors (Lipinski definition) is 5. The maximum absolute atomic E-state index is 11.0. The second-order valence-corrected chi connectivity index (χ2v) is 8.70. The molecule has 0 aliphatic carbocycles. The van der Waals surface area contributed by atoms with Crippen LogP contribution in [0.2, 0.25) is 0 Å². The zero-order valence-corrected chi connectivity index (χ0v) is 21.0. The Hall–Kier alpha value is -5.20. The second kappa shape index (κ2) is 11.7. The molecule has 4 aromatic carbocycles. The third kappa shape index (κ3) is 5.46. The molecule has 6 nitrogen and oxygen atoms in total. The van der Waals surface area contributed by atoms with Gasteiger partial charge >= 0.3 is 0 Å². The van der Waals surface area contributed by atoms with Crippen molar-refractivity contribution in [2.75, 3.05) is 0 Å². The van der Waals surface area contributed by atoms with E-state index in [1.54, 1.807) is 24.3 Å². The Morgan fingerprint density at radius 1 is 0.789 bits per heavy atom. The van der Waals surface area contributed by atoms with Crippen LogP contribution in [-0.4, -0.2) is 12.6 Å². The van der Waals surface area contributed by atoms with Crippen molar-refractivity contribution in [3.05, 3.63) is 123 Å². The van der Waals surface area contributed by atoms with Crippen molar-refractivity contribution in [3.63, 3.8) is 0 Å². The molecule has 0 N–H and O–H groups in total. The van der Waals surface area contributed by atoms with Gasteiger partial charge in [-0.15, -0.1) is 0 Å². The summed E-state index contributed by atoms with van der Waals surface area (Å²) in [5.74, 6) is 0.863. The second-order valence-electron chi connectivity index (χ2n) is 8.70. The molecule has 6 heteroatoms. The third-order valence-electron chi connectivity index (χ3n) is 6.45. The smallest absolute Gasteiger partial charge is 0.228 e. The molecule has 0 unspecified atom stereocenters. The molecule has 0 fully saturated rings. The van der Waals surface area contributed by atoms with Crippen LogP contribution in [0, 0.1) is 31.8 Å². The van der Waals surface area contributed by atoms with Crippen LogP contribution in [0.1, 0.15) is 48.5 Å². The van der Waals surface area contributed by atoms with Crippen LogP contribution in [0.5, 0.6) is 11.5 Å². The molecular formula is C32H24N2O4. The summed E-state index contributed by atoms with van der Waals surface area (Å²) in [4.78, 5) is 25.5. The summed E-state index contributed by atoms with van der Waals surface area (Å²) in [6.45, 7) is 12.0. The summed E-state index contributed by atoms with van der Waals surface area (Å²) in [6.07, 6.45) is 1.41. The minimum Gasteiger partial charge on any atom is -0.500 e. The Kier molecular flexibility index (Phi) is 7.96. The van der Waals surface area contributed by atoms with E-state index < -0.39 is 0 Å². The number of aldehydes is 2. The molecule has 4 aromatic rings. The summed E-state index contributed by atoms with van der Waals surface area (Å²) in [6, 6.07) is 23.7. The first-order chi connectivity index (χ1) is 18.5. The Morgan fingerprint density at radius 3 is 1.84 bits per heavy atom. The highest BCUT2D eigenvalue weighted by Crippen LogP contribution is 2.33. The van der Waals surface area contributed by atoms with Gasteiger partial charge in [-0.3, -0.25) is 9.59 Å². The minimum atomic E-state index is 0.271. The number of ether oxygens (including phenoxy) is 2. The van der Waals surface area contributed by atoms with E-state index in [-0.39, 0.29) is 13.2 Å². The minimum absolute atomic E-state index is 0.271. The molecule has 186 valence electrons. The Balaban J connectivity index is 1.57. The van der Waals surface area contributed by atoms with Crippen molar-refractivity contribution in [1.29, 1.82) is 5.26 Å². The fourth-order valence-corrected chi connectivity index (χ4v) is 4.23. The first-order valence-corrected chi connectivity index (χ1v) is 11.9. The van der Waals surface area contributed by atoms with Gasteiger partial charge in [-0.1, -0.05) is 42.5 Å². The standard InChI is InChI=1S/C32H24N2O4/c1-21-25(19-37-31-12-10-23(17-35)14-27(31)16-33)6-4-8-28(21)29-9-5-7-26(22(29)2)20-38-32-13-11-24(18-36)15-30(32)34-3/h4-15,17-18H,19-20H2,1-2H3. The van der Waals surface area contributed by atoms with Crippen LogP contribution in [0.3, 0.4) is 0 Å². The van der Waals surface area contributed by atoms with Gasteiger partial charge in [0, 0.05) is 11.1 Å². The van der Waals surface area contributed by atoms with Gasteiger partial charge in [0.25, 0.3) is 0 Å². The SMILES string of the molecule is [C-]#[N+]c1cc(C=O)ccc1OCc1cccc(-c2cccc(COc3ccc(C=O)cc3C#N)c2C)c1C. The number of benzene rings is 4. The molecule has 0 heterocycles. The monoisotopic (exact) mass is 500 g/mol. The van der Waals surface area contributed by atoms with Crippen LogP contribution in [0.25, 0.3) is 16.0 Å². The van der Waals surface area contributed by atoms with Crippen molar-refractivity contribution in [2.45, 2.75) is 27.1 Å². The van der Waals surface area contributed by atoms with E-state index in [1.165, 1.54) is 12.1 Å². The Morgan fingerprint density at radius 2 is 1.32 bits per heavy atom. The van der Waals surface area contributed by atoms with Gasteiger partial charge in [0.1, 0.15) is 43.4 Å². The summed E-state index contributed by atoms with van der Waals surface area (Å²) in [5, 5.41) is 9.42. The summed E-state index contributed by atoms with van der Waals surface area (Å²) >= 11 is 0. The summed E-state index contributed by atoms with van der Waals surface area (Å²) in [7, 11) is 0. The highest BCUT2D eigenvalue weighted by molar-refractivity contribution is 5.79. The molecular weight excluding hydrogens is 476 g/mol. The van der Waals surface area contributed by atoms with Crippen LogP contribution in [0.15, 0.2) is 72.8 Å². The lowest BCUT2D eigenvalue weighted by atomic mass is 9.92. The van der Waals surface area contributed by atoms with E-state index in [9.17, 15) is 14.9 Å². The Labute approximate surface area is 221 Å². The largest absolute Gasteiger partial charge is 0.500 e. The Bertz CT molecular complexity index is 1490. The highest BCUT2D eigenvalue weighted by atomic mass is 16.5. The number of rotatable bonds is 9. The zero-order chi connectivity index (χ0) is 27.1. The fraction of sp³-hybridized carbons (Fsp3) is 0.125. The molecule has 38 heavy (non-hydrogen) atoms. The molecule has 0 bridgehead atoms. The molecule has 0 spiro atoms. The molecule has 4 rings (SSSR count). The first kappa shape index (κ1) is 25.9. The average molecular weight is 501 g/mol. The zero-order valence-electron chi connectivity index (χ0n) is 21.0. The van der Waals surface area contributed by atoms with Crippen LogP contribution in [0.4, 0.5) is 5.69 Å². The first-order valence-electron chi connectivity index (χ1n) is 11.9. The molecule has 0 aliphatic rings. The van der Waals surface area contributed by atoms with Gasteiger partial charge in [0.15, 0.2) is 0 Å². The number of nitrogens with zero attached hydrogens (tertiary/aromatic N) is 2. The van der Waals surface area contributed by atoms with E-state index >= 15 is 0 Å². The van der Waals surface area contributed by atoms with Crippen molar-refractivity contribution in [1.82, 2.24) is 0 Å². The highest BCUT2D eigenvalue weighted by Gasteiger charge is 2.13. The lowest BCUT2D eigenvalue weighted by Crippen LogP contribution is -2.03.